The first-order valence-electron chi connectivity index (χ1n) is 8.67. The molecule has 0 fully saturated rings. The van der Waals surface area contributed by atoms with Crippen molar-refractivity contribution in [1.29, 1.82) is 5.26 Å². The lowest BCUT2D eigenvalue weighted by Gasteiger charge is -2.13. The smallest absolute Gasteiger partial charge is 0.349 e. The number of amides is 1. The van der Waals surface area contributed by atoms with Gasteiger partial charge in [0.2, 0.25) is 6.79 Å². The van der Waals surface area contributed by atoms with Gasteiger partial charge in [0.15, 0.2) is 17.6 Å². The quantitative estimate of drug-likeness (QED) is 0.456. The van der Waals surface area contributed by atoms with Crippen molar-refractivity contribution in [2.75, 3.05) is 19.2 Å². The molecular formula is C21H18N2O6. The van der Waals surface area contributed by atoms with Gasteiger partial charge in [0.05, 0.1) is 7.11 Å². The molecule has 8 heteroatoms. The van der Waals surface area contributed by atoms with E-state index in [4.69, 9.17) is 18.9 Å². The molecule has 0 spiro atoms. The average molecular weight is 394 g/mol. The van der Waals surface area contributed by atoms with Gasteiger partial charge in [-0.3, -0.25) is 4.79 Å². The van der Waals surface area contributed by atoms with E-state index in [-0.39, 0.29) is 12.4 Å². The zero-order chi connectivity index (χ0) is 20.8. The number of benzene rings is 2. The van der Waals surface area contributed by atoms with E-state index in [9.17, 15) is 14.9 Å². The van der Waals surface area contributed by atoms with Crippen LogP contribution in [0.25, 0.3) is 6.08 Å². The van der Waals surface area contributed by atoms with E-state index in [1.807, 2.05) is 0 Å². The third-order valence-electron chi connectivity index (χ3n) is 4.06. The lowest BCUT2D eigenvalue weighted by Crippen LogP contribution is -2.30. The van der Waals surface area contributed by atoms with Crippen LogP contribution in [0.15, 0.2) is 48.0 Å². The van der Waals surface area contributed by atoms with Crippen LogP contribution in [0.1, 0.15) is 12.5 Å². The summed E-state index contributed by atoms with van der Waals surface area (Å²) in [5, 5.41) is 11.9. The average Bonchev–Trinajstić information content (AvgIpc) is 3.20. The minimum Gasteiger partial charge on any atom is -0.497 e. The van der Waals surface area contributed by atoms with Gasteiger partial charge in [-0.15, -0.1) is 0 Å². The van der Waals surface area contributed by atoms with Gasteiger partial charge >= 0.3 is 5.97 Å². The number of hydrogen-bond donors (Lipinski definition) is 1. The maximum Gasteiger partial charge on any atom is 0.349 e. The van der Waals surface area contributed by atoms with E-state index in [0.717, 1.165) is 0 Å². The Balaban J connectivity index is 1.62. The normalized spacial score (nSPS) is 13.2. The van der Waals surface area contributed by atoms with E-state index in [0.29, 0.717) is 28.5 Å². The standard InChI is InChI=1S/C21H18N2O6/c1-13(20(24)23-16-5-8-18-19(10-16)28-12-27-18)29-21(25)15(11-22)9-14-3-6-17(26-2)7-4-14/h3-10,13H,12H2,1-2H3,(H,23,24)/b15-9+/t13-/m1/s1. The van der Waals surface area contributed by atoms with Crippen molar-refractivity contribution in [3.8, 4) is 23.3 Å². The lowest BCUT2D eigenvalue weighted by molar-refractivity contribution is -0.148. The Morgan fingerprint density at radius 1 is 1.17 bits per heavy atom. The fourth-order valence-corrected chi connectivity index (χ4v) is 2.50. The van der Waals surface area contributed by atoms with Crippen LogP contribution in [0.4, 0.5) is 5.69 Å². The number of nitrogens with one attached hydrogen (secondary N) is 1. The molecule has 0 aliphatic carbocycles. The molecule has 1 aliphatic heterocycles. The molecule has 0 saturated heterocycles. The van der Waals surface area contributed by atoms with Crippen molar-refractivity contribution in [1.82, 2.24) is 0 Å². The van der Waals surface area contributed by atoms with Crippen molar-refractivity contribution < 1.29 is 28.5 Å². The largest absolute Gasteiger partial charge is 0.497 e. The summed E-state index contributed by atoms with van der Waals surface area (Å²) in [4.78, 5) is 24.6. The van der Waals surface area contributed by atoms with E-state index in [2.05, 4.69) is 5.32 Å². The van der Waals surface area contributed by atoms with Gasteiger partial charge in [-0.2, -0.15) is 5.26 Å². The van der Waals surface area contributed by atoms with Gasteiger partial charge in [-0.1, -0.05) is 12.1 Å². The maximum atomic E-state index is 12.3. The van der Waals surface area contributed by atoms with Crippen LogP contribution in [-0.2, 0) is 14.3 Å². The molecule has 2 aromatic rings. The zero-order valence-corrected chi connectivity index (χ0v) is 15.8. The fraction of sp³-hybridized carbons (Fsp3) is 0.190. The molecule has 1 heterocycles. The Morgan fingerprint density at radius 2 is 1.90 bits per heavy atom. The van der Waals surface area contributed by atoms with Crippen LogP contribution in [-0.4, -0.2) is 31.9 Å². The molecule has 0 saturated carbocycles. The van der Waals surface area contributed by atoms with Crippen molar-refractivity contribution in [3.63, 3.8) is 0 Å². The highest BCUT2D eigenvalue weighted by atomic mass is 16.7. The maximum absolute atomic E-state index is 12.3. The fourth-order valence-electron chi connectivity index (χ4n) is 2.50. The summed E-state index contributed by atoms with van der Waals surface area (Å²) >= 11 is 0. The summed E-state index contributed by atoms with van der Waals surface area (Å²) in [6.07, 6.45) is 0.269. The van der Waals surface area contributed by atoms with Crippen LogP contribution in [0.5, 0.6) is 17.2 Å². The summed E-state index contributed by atoms with van der Waals surface area (Å²) in [7, 11) is 1.54. The van der Waals surface area contributed by atoms with Gasteiger partial charge < -0.3 is 24.3 Å². The molecule has 3 rings (SSSR count). The SMILES string of the molecule is COc1ccc(/C=C(\C#N)C(=O)O[C@H](C)C(=O)Nc2ccc3c(c2)OCO3)cc1. The van der Waals surface area contributed by atoms with Crippen LogP contribution in [0.3, 0.4) is 0 Å². The van der Waals surface area contributed by atoms with Gasteiger partial charge in [0.25, 0.3) is 5.91 Å². The number of esters is 1. The predicted octanol–water partition coefficient (Wildman–Crippen LogP) is 2.90. The van der Waals surface area contributed by atoms with Gasteiger partial charge in [-0.25, -0.2) is 4.79 Å². The Kier molecular flexibility index (Phi) is 6.00. The second kappa shape index (κ2) is 8.80. The summed E-state index contributed by atoms with van der Waals surface area (Å²) in [6, 6.07) is 13.5. The summed E-state index contributed by atoms with van der Waals surface area (Å²) < 4.78 is 20.7. The molecule has 0 bridgehead atoms. The topological polar surface area (TPSA) is 107 Å². The molecule has 1 atom stereocenters. The Labute approximate surface area is 167 Å². The first-order valence-corrected chi connectivity index (χ1v) is 8.67. The van der Waals surface area contributed by atoms with Crippen LogP contribution in [0.2, 0.25) is 0 Å². The number of hydrogen-bond acceptors (Lipinski definition) is 7. The lowest BCUT2D eigenvalue weighted by atomic mass is 10.1. The number of carbonyl (C=O) groups is 2. The molecule has 8 nitrogen and oxygen atoms in total. The Bertz CT molecular complexity index is 991. The van der Waals surface area contributed by atoms with Gasteiger partial charge in [0.1, 0.15) is 17.4 Å². The van der Waals surface area contributed by atoms with E-state index in [1.54, 1.807) is 55.6 Å². The number of anilines is 1. The second-order valence-corrected chi connectivity index (χ2v) is 6.05. The minimum atomic E-state index is -1.11. The highest BCUT2D eigenvalue weighted by Crippen LogP contribution is 2.34. The molecule has 1 aliphatic rings. The van der Waals surface area contributed by atoms with Crippen LogP contribution < -0.4 is 19.5 Å². The molecule has 1 amide bonds. The second-order valence-electron chi connectivity index (χ2n) is 6.05. The van der Waals surface area contributed by atoms with Crippen molar-refractivity contribution >= 4 is 23.6 Å². The van der Waals surface area contributed by atoms with Gasteiger partial charge in [0, 0.05) is 11.8 Å². The van der Waals surface area contributed by atoms with Crippen LogP contribution >= 0.6 is 0 Å². The summed E-state index contributed by atoms with van der Waals surface area (Å²) in [5.74, 6) is 0.319. The minimum absolute atomic E-state index is 0.123. The number of nitrogens with zero attached hydrogens (tertiary/aromatic N) is 1. The predicted molar refractivity (Wildman–Crippen MR) is 103 cm³/mol. The summed E-state index contributed by atoms with van der Waals surface area (Å²) in [5.41, 5.74) is 0.867. The Hall–Kier alpha value is -3.99. The highest BCUT2D eigenvalue weighted by Gasteiger charge is 2.22. The first kappa shape index (κ1) is 19.8. The molecule has 1 N–H and O–H groups in total. The Morgan fingerprint density at radius 3 is 2.59 bits per heavy atom. The molecular weight excluding hydrogens is 376 g/mol. The third kappa shape index (κ3) is 4.84. The molecule has 29 heavy (non-hydrogen) atoms. The molecule has 148 valence electrons. The number of nitriles is 1. The molecule has 2 aromatic carbocycles. The number of ether oxygens (including phenoxy) is 4. The first-order chi connectivity index (χ1) is 14.0. The van der Waals surface area contributed by atoms with Crippen molar-refractivity contribution in [2.24, 2.45) is 0 Å². The number of methoxy groups -OCH3 is 1. The van der Waals surface area contributed by atoms with Crippen molar-refractivity contribution in [3.05, 3.63) is 53.6 Å². The number of rotatable bonds is 6. The highest BCUT2D eigenvalue weighted by molar-refractivity contribution is 6.01. The van der Waals surface area contributed by atoms with E-state index in [1.165, 1.54) is 13.0 Å². The van der Waals surface area contributed by atoms with E-state index >= 15 is 0 Å². The summed E-state index contributed by atoms with van der Waals surface area (Å²) in [6.45, 7) is 1.54. The third-order valence-corrected chi connectivity index (χ3v) is 4.06. The monoisotopic (exact) mass is 394 g/mol. The van der Waals surface area contributed by atoms with E-state index < -0.39 is 18.0 Å². The van der Waals surface area contributed by atoms with Crippen LogP contribution in [0, 0.1) is 11.3 Å². The van der Waals surface area contributed by atoms with Gasteiger partial charge in [-0.05, 0) is 42.8 Å². The molecule has 0 aromatic heterocycles. The van der Waals surface area contributed by atoms with Crippen molar-refractivity contribution in [2.45, 2.75) is 13.0 Å². The zero-order valence-electron chi connectivity index (χ0n) is 15.8. The number of carbonyl (C=O) groups excluding carboxylic acids is 2. The number of fused-ring (bicyclic) bond motifs is 1. The molecule has 0 radical (unpaired) electrons. The molecule has 0 unspecified atom stereocenters.